The number of ketones is 1. The van der Waals surface area contributed by atoms with Crippen LogP contribution in [0.15, 0.2) is 48.5 Å². The molecule has 31 heavy (non-hydrogen) atoms. The Balaban J connectivity index is 1.43. The number of likely N-dealkylation sites (N-methyl/N-ethyl adjacent to an activating group) is 1. The minimum Gasteiger partial charge on any atom is -0.454 e. The Kier molecular flexibility index (Phi) is 7.02. The molecule has 0 saturated heterocycles. The predicted octanol–water partition coefficient (Wildman–Crippen LogP) is 1.71. The van der Waals surface area contributed by atoms with Crippen molar-refractivity contribution in [2.24, 2.45) is 0 Å². The number of hydrogen-bond acceptors (Lipinski definition) is 6. The van der Waals surface area contributed by atoms with Crippen LogP contribution in [0, 0.1) is 6.92 Å². The number of carbonyl (C=O) groups excluding carboxylic acids is 4. The number of benzene rings is 2. The van der Waals surface area contributed by atoms with Crippen molar-refractivity contribution in [1.29, 1.82) is 0 Å². The average Bonchev–Trinajstić information content (AvgIpc) is 3.00. The molecular formula is C23H25N3O5. The van der Waals surface area contributed by atoms with E-state index >= 15 is 0 Å². The predicted molar refractivity (Wildman–Crippen MR) is 116 cm³/mol. The Hall–Kier alpha value is -3.68. The van der Waals surface area contributed by atoms with E-state index in [0.29, 0.717) is 18.8 Å². The van der Waals surface area contributed by atoms with Gasteiger partial charge in [0.2, 0.25) is 0 Å². The van der Waals surface area contributed by atoms with Crippen molar-refractivity contribution in [3.63, 3.8) is 0 Å². The van der Waals surface area contributed by atoms with Crippen molar-refractivity contribution in [1.82, 2.24) is 5.32 Å². The van der Waals surface area contributed by atoms with Gasteiger partial charge in [-0.15, -0.1) is 0 Å². The van der Waals surface area contributed by atoms with Gasteiger partial charge in [0.15, 0.2) is 6.61 Å². The zero-order valence-corrected chi connectivity index (χ0v) is 17.6. The Bertz CT molecular complexity index is 1000. The maximum absolute atomic E-state index is 12.1. The molecule has 0 aliphatic carbocycles. The largest absolute Gasteiger partial charge is 0.454 e. The molecule has 2 aromatic rings. The molecule has 0 bridgehead atoms. The first-order valence-electron chi connectivity index (χ1n) is 10.1. The number of hydrogen-bond donors (Lipinski definition) is 1. The van der Waals surface area contributed by atoms with Gasteiger partial charge in [0.05, 0.1) is 11.3 Å². The van der Waals surface area contributed by atoms with Crippen molar-refractivity contribution in [3.8, 4) is 0 Å². The zero-order valence-electron chi connectivity index (χ0n) is 17.6. The monoisotopic (exact) mass is 423 g/mol. The van der Waals surface area contributed by atoms with E-state index in [1.54, 1.807) is 18.2 Å². The second-order valence-electron chi connectivity index (χ2n) is 7.17. The van der Waals surface area contributed by atoms with E-state index in [2.05, 4.69) is 16.3 Å². The number of nitrogens with zero attached hydrogens (tertiary/aromatic N) is 2. The van der Waals surface area contributed by atoms with Gasteiger partial charge in [0, 0.05) is 25.3 Å². The van der Waals surface area contributed by atoms with Gasteiger partial charge in [0.1, 0.15) is 6.54 Å². The normalized spacial score (nSPS) is 12.5. The summed E-state index contributed by atoms with van der Waals surface area (Å²) < 4.78 is 4.98. The van der Waals surface area contributed by atoms with Crippen LogP contribution in [0.5, 0.6) is 0 Å². The van der Waals surface area contributed by atoms with Gasteiger partial charge in [0.25, 0.3) is 17.6 Å². The molecule has 0 fully saturated rings. The van der Waals surface area contributed by atoms with E-state index in [-0.39, 0.29) is 5.56 Å². The molecule has 0 aromatic heterocycles. The van der Waals surface area contributed by atoms with Gasteiger partial charge in [-0.1, -0.05) is 24.3 Å². The number of nitrogens with one attached hydrogen (secondary N) is 1. The van der Waals surface area contributed by atoms with E-state index in [4.69, 9.17) is 4.74 Å². The number of anilines is 2. The summed E-state index contributed by atoms with van der Waals surface area (Å²) in [6.07, 6.45) is 0. The van der Waals surface area contributed by atoms with E-state index < -0.39 is 36.7 Å². The minimum atomic E-state index is -0.779. The lowest BCUT2D eigenvalue weighted by atomic mass is 10.1. The standard InChI is InChI=1S/C23H25N3O5/c1-3-25(17-8-6-7-16(2)13-17)12-11-24-20(27)15-31-21(28)14-26-19-10-5-4-9-18(19)22(29)23(26)30/h4-10,13H,3,11-12,14-15H2,1-2H3,(H,24,27). The van der Waals surface area contributed by atoms with E-state index in [9.17, 15) is 19.2 Å². The number of aryl methyl sites for hydroxylation is 1. The van der Waals surface area contributed by atoms with Crippen molar-refractivity contribution in [3.05, 3.63) is 59.7 Å². The summed E-state index contributed by atoms with van der Waals surface area (Å²) in [5.41, 5.74) is 2.86. The Labute approximate surface area is 180 Å². The first-order chi connectivity index (χ1) is 14.9. The summed E-state index contributed by atoms with van der Waals surface area (Å²) in [6, 6.07) is 14.6. The number of esters is 1. The summed E-state index contributed by atoms with van der Waals surface area (Å²) in [4.78, 5) is 51.4. The lowest BCUT2D eigenvalue weighted by Gasteiger charge is -2.23. The first-order valence-corrected chi connectivity index (χ1v) is 10.1. The van der Waals surface area contributed by atoms with E-state index in [1.807, 2.05) is 32.0 Å². The van der Waals surface area contributed by atoms with Crippen molar-refractivity contribution in [2.45, 2.75) is 13.8 Å². The van der Waals surface area contributed by atoms with Gasteiger partial charge in [-0.3, -0.25) is 24.1 Å². The highest BCUT2D eigenvalue weighted by atomic mass is 16.5. The molecule has 1 aliphatic rings. The maximum atomic E-state index is 12.1. The second-order valence-corrected chi connectivity index (χ2v) is 7.17. The molecule has 0 spiro atoms. The molecule has 2 amide bonds. The molecule has 8 heteroatoms. The number of ether oxygens (including phenoxy) is 1. The molecule has 0 radical (unpaired) electrons. The summed E-state index contributed by atoms with van der Waals surface area (Å²) in [6.45, 7) is 4.98. The molecule has 1 aliphatic heterocycles. The van der Waals surface area contributed by atoms with Crippen molar-refractivity contribution < 1.29 is 23.9 Å². The summed E-state index contributed by atoms with van der Waals surface area (Å²) in [7, 11) is 0. The van der Waals surface area contributed by atoms with Gasteiger partial charge in [-0.05, 0) is 43.7 Å². The summed E-state index contributed by atoms with van der Waals surface area (Å²) in [5, 5.41) is 2.72. The maximum Gasteiger partial charge on any atom is 0.326 e. The Morgan fingerprint density at radius 2 is 1.87 bits per heavy atom. The third-order valence-corrected chi connectivity index (χ3v) is 4.98. The van der Waals surface area contributed by atoms with Gasteiger partial charge >= 0.3 is 5.97 Å². The number of carbonyl (C=O) groups is 4. The number of rotatable bonds is 9. The zero-order chi connectivity index (χ0) is 22.4. The van der Waals surface area contributed by atoms with Crippen LogP contribution in [0.4, 0.5) is 11.4 Å². The summed E-state index contributed by atoms with van der Waals surface area (Å²) >= 11 is 0. The number of Topliss-reactive ketones (excluding diaryl/α,β-unsaturated/α-hetero) is 1. The molecular weight excluding hydrogens is 398 g/mol. The second kappa shape index (κ2) is 9.88. The molecule has 3 rings (SSSR count). The van der Waals surface area contributed by atoms with Crippen LogP contribution < -0.4 is 15.1 Å². The van der Waals surface area contributed by atoms with Crippen LogP contribution >= 0.6 is 0 Å². The van der Waals surface area contributed by atoms with Crippen LogP contribution in [-0.2, 0) is 19.1 Å². The third-order valence-electron chi connectivity index (χ3n) is 4.98. The quantitative estimate of drug-likeness (QED) is 0.487. The van der Waals surface area contributed by atoms with E-state index in [1.165, 1.54) is 6.07 Å². The molecule has 2 aromatic carbocycles. The molecule has 0 saturated carbocycles. The minimum absolute atomic E-state index is 0.257. The van der Waals surface area contributed by atoms with Crippen LogP contribution in [0.1, 0.15) is 22.8 Å². The SMILES string of the molecule is CCN(CCNC(=O)COC(=O)CN1C(=O)C(=O)c2ccccc21)c1cccc(C)c1. The highest BCUT2D eigenvalue weighted by Gasteiger charge is 2.36. The molecule has 1 N–H and O–H groups in total. The third kappa shape index (κ3) is 5.28. The fourth-order valence-electron chi connectivity index (χ4n) is 3.40. The Morgan fingerprint density at radius 3 is 2.61 bits per heavy atom. The van der Waals surface area contributed by atoms with Gasteiger partial charge in [-0.25, -0.2) is 0 Å². The first kappa shape index (κ1) is 22.0. The highest BCUT2D eigenvalue weighted by Crippen LogP contribution is 2.28. The van der Waals surface area contributed by atoms with E-state index in [0.717, 1.165) is 22.7 Å². The van der Waals surface area contributed by atoms with Crippen LogP contribution in [0.2, 0.25) is 0 Å². The fourth-order valence-corrected chi connectivity index (χ4v) is 3.40. The smallest absolute Gasteiger partial charge is 0.326 e. The molecule has 1 heterocycles. The lowest BCUT2D eigenvalue weighted by Crippen LogP contribution is -2.39. The van der Waals surface area contributed by atoms with Crippen LogP contribution in [0.3, 0.4) is 0 Å². The molecule has 162 valence electrons. The van der Waals surface area contributed by atoms with Crippen molar-refractivity contribution >= 4 is 34.9 Å². The summed E-state index contributed by atoms with van der Waals surface area (Å²) in [5.74, 6) is -2.63. The molecule has 0 atom stereocenters. The van der Waals surface area contributed by atoms with Gasteiger partial charge in [-0.2, -0.15) is 0 Å². The molecule has 8 nitrogen and oxygen atoms in total. The number of amides is 2. The lowest BCUT2D eigenvalue weighted by molar-refractivity contribution is -0.147. The highest BCUT2D eigenvalue weighted by molar-refractivity contribution is 6.52. The Morgan fingerprint density at radius 1 is 1.10 bits per heavy atom. The average molecular weight is 423 g/mol. The fraction of sp³-hybridized carbons (Fsp3) is 0.304. The van der Waals surface area contributed by atoms with Gasteiger partial charge < -0.3 is 15.0 Å². The topological polar surface area (TPSA) is 96.0 Å². The van der Waals surface area contributed by atoms with Crippen LogP contribution in [-0.4, -0.2) is 56.4 Å². The van der Waals surface area contributed by atoms with Crippen LogP contribution in [0.25, 0.3) is 0 Å². The number of para-hydroxylation sites is 1. The number of fused-ring (bicyclic) bond motifs is 1. The molecule has 0 unspecified atom stereocenters. The van der Waals surface area contributed by atoms with Crippen molar-refractivity contribution in [2.75, 3.05) is 42.6 Å².